The van der Waals surface area contributed by atoms with Gasteiger partial charge in [0.25, 0.3) is 0 Å². The number of benzene rings is 2. The monoisotopic (exact) mass is 392 g/mol. The van der Waals surface area contributed by atoms with Crippen LogP contribution in [-0.2, 0) is 6.42 Å². The van der Waals surface area contributed by atoms with Crippen LogP contribution in [0.2, 0.25) is 0 Å². The summed E-state index contributed by atoms with van der Waals surface area (Å²) < 4.78 is 18.2. The van der Waals surface area contributed by atoms with E-state index >= 15 is 0 Å². The normalized spacial score (nSPS) is 10.7. The van der Waals surface area contributed by atoms with Crippen LogP contribution in [0, 0.1) is 5.82 Å². The van der Waals surface area contributed by atoms with Gasteiger partial charge < -0.3 is 4.74 Å². The number of halogens is 1. The minimum absolute atomic E-state index is 0.300. The number of carbonyl (C=O) groups is 1. The number of hydrogen-bond donors (Lipinski definition) is 0. The minimum Gasteiger partial charge on any atom is -0.423 e. The fourth-order valence-electron chi connectivity index (χ4n) is 2.99. The molecule has 0 unspecified atom stereocenters. The Balaban J connectivity index is 1.56. The molecule has 2 aromatic carbocycles. The summed E-state index contributed by atoms with van der Waals surface area (Å²) in [6.07, 6.45) is 11.0. The van der Waals surface area contributed by atoms with Gasteiger partial charge in [-0.25, -0.2) is 19.2 Å². The summed E-state index contributed by atoms with van der Waals surface area (Å²) in [6, 6.07) is 12.3. The standard InChI is InChI=1S/C24H25FN2O2/c1-2-3-4-5-6-7-18-16-26-23(27-17-18)19-8-10-20(11-9-19)24(28)29-22-14-12-21(25)13-15-22/h8-17H,2-7H2,1H3. The second-order valence-corrected chi connectivity index (χ2v) is 7.00. The zero-order chi connectivity index (χ0) is 20.5. The largest absolute Gasteiger partial charge is 0.423 e. The number of esters is 1. The van der Waals surface area contributed by atoms with Crippen LogP contribution in [0.4, 0.5) is 4.39 Å². The quantitative estimate of drug-likeness (QED) is 0.254. The molecule has 3 rings (SSSR count). The van der Waals surface area contributed by atoms with Crippen LogP contribution in [-0.4, -0.2) is 15.9 Å². The van der Waals surface area contributed by atoms with Crippen LogP contribution in [0.1, 0.15) is 54.9 Å². The van der Waals surface area contributed by atoms with E-state index in [1.54, 1.807) is 24.3 Å². The lowest BCUT2D eigenvalue weighted by atomic mass is 10.1. The molecule has 0 fully saturated rings. The highest BCUT2D eigenvalue weighted by Gasteiger charge is 2.10. The maximum atomic E-state index is 12.9. The number of aryl methyl sites for hydroxylation is 1. The van der Waals surface area contributed by atoms with Crippen molar-refractivity contribution in [1.82, 2.24) is 9.97 Å². The van der Waals surface area contributed by atoms with Gasteiger partial charge in [0.2, 0.25) is 0 Å². The summed E-state index contributed by atoms with van der Waals surface area (Å²) in [5, 5.41) is 0. The Morgan fingerprint density at radius 3 is 2.21 bits per heavy atom. The predicted molar refractivity (Wildman–Crippen MR) is 111 cm³/mol. The third kappa shape index (κ3) is 6.21. The smallest absolute Gasteiger partial charge is 0.343 e. The van der Waals surface area contributed by atoms with Gasteiger partial charge in [-0.05, 0) is 54.8 Å². The molecular formula is C24H25FN2O2. The molecule has 0 spiro atoms. The van der Waals surface area contributed by atoms with E-state index in [1.807, 2.05) is 12.4 Å². The molecule has 0 bridgehead atoms. The van der Waals surface area contributed by atoms with Crippen LogP contribution in [0.15, 0.2) is 60.9 Å². The fraction of sp³-hybridized carbons (Fsp3) is 0.292. The van der Waals surface area contributed by atoms with E-state index < -0.39 is 5.97 Å². The Morgan fingerprint density at radius 1 is 0.897 bits per heavy atom. The first-order chi connectivity index (χ1) is 14.2. The van der Waals surface area contributed by atoms with E-state index in [9.17, 15) is 9.18 Å². The van der Waals surface area contributed by atoms with Crippen molar-refractivity contribution in [3.8, 4) is 17.1 Å². The third-order valence-electron chi connectivity index (χ3n) is 4.68. The van der Waals surface area contributed by atoms with Crippen LogP contribution in [0.3, 0.4) is 0 Å². The lowest BCUT2D eigenvalue weighted by molar-refractivity contribution is 0.0734. The number of rotatable bonds is 9. The van der Waals surface area contributed by atoms with E-state index in [2.05, 4.69) is 16.9 Å². The molecule has 5 heteroatoms. The first-order valence-corrected chi connectivity index (χ1v) is 10.0. The number of ether oxygens (including phenoxy) is 1. The van der Waals surface area contributed by atoms with Crippen molar-refractivity contribution < 1.29 is 13.9 Å². The van der Waals surface area contributed by atoms with Gasteiger partial charge in [0.15, 0.2) is 5.82 Å². The Bertz CT molecular complexity index is 907. The van der Waals surface area contributed by atoms with Crippen LogP contribution >= 0.6 is 0 Å². The van der Waals surface area contributed by atoms with Crippen molar-refractivity contribution in [2.45, 2.75) is 45.4 Å². The zero-order valence-corrected chi connectivity index (χ0v) is 16.6. The highest BCUT2D eigenvalue weighted by atomic mass is 19.1. The SMILES string of the molecule is CCCCCCCc1cnc(-c2ccc(C(=O)Oc3ccc(F)cc3)cc2)nc1. The van der Waals surface area contributed by atoms with Gasteiger partial charge >= 0.3 is 5.97 Å². The topological polar surface area (TPSA) is 52.1 Å². The van der Waals surface area contributed by atoms with Crippen molar-refractivity contribution >= 4 is 5.97 Å². The van der Waals surface area contributed by atoms with Crippen molar-refractivity contribution in [2.24, 2.45) is 0 Å². The second kappa shape index (κ2) is 10.5. The molecule has 0 aliphatic rings. The highest BCUT2D eigenvalue weighted by Crippen LogP contribution is 2.18. The summed E-state index contributed by atoms with van der Waals surface area (Å²) in [4.78, 5) is 21.1. The molecule has 0 aliphatic carbocycles. The Labute approximate surface area is 170 Å². The van der Waals surface area contributed by atoms with Crippen molar-refractivity contribution in [3.63, 3.8) is 0 Å². The van der Waals surface area contributed by atoms with E-state index in [1.165, 1.54) is 49.9 Å². The molecule has 3 aromatic rings. The number of nitrogens with zero attached hydrogens (tertiary/aromatic N) is 2. The van der Waals surface area contributed by atoms with Crippen molar-refractivity contribution in [3.05, 3.63) is 77.9 Å². The Hall–Kier alpha value is -3.08. The summed E-state index contributed by atoms with van der Waals surface area (Å²) >= 11 is 0. The van der Waals surface area contributed by atoms with E-state index in [4.69, 9.17) is 4.74 Å². The second-order valence-electron chi connectivity index (χ2n) is 7.00. The maximum absolute atomic E-state index is 12.9. The number of carbonyl (C=O) groups excluding carboxylic acids is 1. The number of hydrogen-bond acceptors (Lipinski definition) is 4. The summed E-state index contributed by atoms with van der Waals surface area (Å²) in [6.45, 7) is 2.22. The van der Waals surface area contributed by atoms with E-state index in [0.717, 1.165) is 24.0 Å². The molecule has 0 saturated carbocycles. The first-order valence-electron chi connectivity index (χ1n) is 10.0. The van der Waals surface area contributed by atoms with Gasteiger partial charge in [0.05, 0.1) is 5.56 Å². The number of unbranched alkanes of at least 4 members (excludes halogenated alkanes) is 4. The molecule has 150 valence electrons. The maximum Gasteiger partial charge on any atom is 0.343 e. The van der Waals surface area contributed by atoms with Gasteiger partial charge in [0, 0.05) is 18.0 Å². The first kappa shape index (κ1) is 20.6. The third-order valence-corrected chi connectivity index (χ3v) is 4.68. The van der Waals surface area contributed by atoms with Crippen molar-refractivity contribution in [2.75, 3.05) is 0 Å². The lowest BCUT2D eigenvalue weighted by Crippen LogP contribution is -2.08. The van der Waals surface area contributed by atoms with Gasteiger partial charge in [-0.1, -0.05) is 44.7 Å². The average Bonchev–Trinajstić information content (AvgIpc) is 2.76. The molecule has 0 amide bonds. The predicted octanol–water partition coefficient (Wildman–Crippen LogP) is 6.01. The molecule has 1 heterocycles. The van der Waals surface area contributed by atoms with Gasteiger partial charge in [-0.15, -0.1) is 0 Å². The molecule has 0 N–H and O–H groups in total. The summed E-state index contributed by atoms with van der Waals surface area (Å²) in [5.74, 6) is 0.0476. The van der Waals surface area contributed by atoms with Gasteiger partial charge in [-0.3, -0.25) is 0 Å². The summed E-state index contributed by atoms with van der Waals surface area (Å²) in [7, 11) is 0. The molecule has 29 heavy (non-hydrogen) atoms. The Kier molecular flexibility index (Phi) is 7.45. The molecule has 1 aromatic heterocycles. The Morgan fingerprint density at radius 2 is 1.55 bits per heavy atom. The van der Waals surface area contributed by atoms with Crippen LogP contribution < -0.4 is 4.74 Å². The minimum atomic E-state index is -0.498. The molecule has 0 atom stereocenters. The molecular weight excluding hydrogens is 367 g/mol. The van der Waals surface area contributed by atoms with Crippen LogP contribution in [0.5, 0.6) is 5.75 Å². The van der Waals surface area contributed by atoms with Gasteiger partial charge in [0.1, 0.15) is 11.6 Å². The average molecular weight is 392 g/mol. The fourth-order valence-corrected chi connectivity index (χ4v) is 2.99. The van der Waals surface area contributed by atoms with E-state index in [0.29, 0.717) is 17.1 Å². The molecule has 0 saturated heterocycles. The van der Waals surface area contributed by atoms with E-state index in [-0.39, 0.29) is 5.82 Å². The lowest BCUT2D eigenvalue weighted by Gasteiger charge is -2.06. The molecule has 4 nitrogen and oxygen atoms in total. The summed E-state index contributed by atoms with van der Waals surface area (Å²) in [5.41, 5.74) is 2.38. The van der Waals surface area contributed by atoms with Gasteiger partial charge in [-0.2, -0.15) is 0 Å². The molecule has 0 radical (unpaired) electrons. The zero-order valence-electron chi connectivity index (χ0n) is 16.6. The molecule has 0 aliphatic heterocycles. The van der Waals surface area contributed by atoms with Crippen LogP contribution in [0.25, 0.3) is 11.4 Å². The van der Waals surface area contributed by atoms with Crippen molar-refractivity contribution in [1.29, 1.82) is 0 Å². The number of aromatic nitrogens is 2. The highest BCUT2D eigenvalue weighted by molar-refractivity contribution is 5.91.